The lowest BCUT2D eigenvalue weighted by atomic mass is 10.0. The van der Waals surface area contributed by atoms with Crippen molar-refractivity contribution >= 4 is 11.8 Å². The molecule has 1 unspecified atom stereocenters. The minimum atomic E-state index is -0.328. The number of carbonyl (C=O) groups excluding carboxylic acids is 2. The third kappa shape index (κ3) is 3.96. The van der Waals surface area contributed by atoms with Crippen molar-refractivity contribution in [3.63, 3.8) is 0 Å². The third-order valence-electron chi connectivity index (χ3n) is 4.43. The molecule has 2 N–H and O–H groups in total. The third-order valence-corrected chi connectivity index (χ3v) is 4.43. The molecule has 2 saturated heterocycles. The van der Waals surface area contributed by atoms with Gasteiger partial charge in [-0.15, -0.1) is 0 Å². The molecule has 0 saturated carbocycles. The van der Waals surface area contributed by atoms with Gasteiger partial charge in [-0.1, -0.05) is 0 Å². The van der Waals surface area contributed by atoms with Crippen LogP contribution in [0.2, 0.25) is 0 Å². The molecular weight excluding hydrogens is 284 g/mol. The maximum Gasteiger partial charge on any atom is 0.237 e. The van der Waals surface area contributed by atoms with E-state index in [4.69, 9.17) is 5.26 Å². The molecule has 0 aliphatic carbocycles. The van der Waals surface area contributed by atoms with Crippen LogP contribution in [0.15, 0.2) is 0 Å². The van der Waals surface area contributed by atoms with Gasteiger partial charge in [0.1, 0.15) is 6.04 Å². The number of nitrogens with one attached hydrogen (secondary N) is 1. The Labute approximate surface area is 130 Å². The van der Waals surface area contributed by atoms with Gasteiger partial charge in [0.15, 0.2) is 0 Å². The fraction of sp³-hybridized carbons (Fsp3) is 0.800. The Morgan fingerprint density at radius 3 is 2.45 bits per heavy atom. The highest BCUT2D eigenvalue weighted by Gasteiger charge is 2.29. The first-order valence-corrected chi connectivity index (χ1v) is 7.97. The van der Waals surface area contributed by atoms with E-state index in [-0.39, 0.29) is 43.6 Å². The molecule has 2 fully saturated rings. The average molecular weight is 308 g/mol. The van der Waals surface area contributed by atoms with Gasteiger partial charge >= 0.3 is 0 Å². The van der Waals surface area contributed by atoms with Crippen LogP contribution < -0.4 is 5.32 Å². The summed E-state index contributed by atoms with van der Waals surface area (Å²) in [7, 11) is 0. The molecule has 2 heterocycles. The Morgan fingerprint density at radius 1 is 1.09 bits per heavy atom. The second-order valence-corrected chi connectivity index (χ2v) is 5.90. The first-order valence-electron chi connectivity index (χ1n) is 7.97. The molecule has 0 aromatic rings. The predicted molar refractivity (Wildman–Crippen MR) is 79.7 cm³/mol. The first kappa shape index (κ1) is 16.7. The van der Waals surface area contributed by atoms with Crippen molar-refractivity contribution in [2.75, 3.05) is 32.8 Å². The zero-order valence-corrected chi connectivity index (χ0v) is 12.8. The normalized spacial score (nSPS) is 25.1. The molecular formula is C15H24N4O3. The molecule has 0 aromatic carbocycles. The fourth-order valence-corrected chi connectivity index (χ4v) is 3.20. The molecule has 2 rings (SSSR count). The van der Waals surface area contributed by atoms with Crippen molar-refractivity contribution < 1.29 is 14.7 Å². The molecule has 0 spiro atoms. The Bertz CT molecular complexity index is 449. The van der Waals surface area contributed by atoms with Crippen molar-refractivity contribution in [3.8, 4) is 6.07 Å². The van der Waals surface area contributed by atoms with Crippen LogP contribution in [0.25, 0.3) is 0 Å². The average Bonchev–Trinajstić information content (AvgIpc) is 3.03. The summed E-state index contributed by atoms with van der Waals surface area (Å²) in [6.45, 7) is 1.44. The van der Waals surface area contributed by atoms with E-state index in [0.29, 0.717) is 13.1 Å². The summed E-state index contributed by atoms with van der Waals surface area (Å²) < 4.78 is 0. The second kappa shape index (κ2) is 8.11. The Morgan fingerprint density at radius 2 is 1.77 bits per heavy atom. The maximum absolute atomic E-state index is 12.2. The standard InChI is InChI=1S/C15H24N4O3/c16-8-12-5-3-7-18(12)14(21)9-17-10-15(22)19-6-2-1-4-13(19)11-20/h12-13,17,20H,1-7,9-11H2/t12-,13?/m0/s1. The molecule has 7 heteroatoms. The number of piperidine rings is 1. The lowest BCUT2D eigenvalue weighted by Gasteiger charge is -2.34. The summed E-state index contributed by atoms with van der Waals surface area (Å²) in [5, 5.41) is 21.2. The van der Waals surface area contributed by atoms with Gasteiger partial charge in [0.25, 0.3) is 0 Å². The Balaban J connectivity index is 1.74. The molecule has 7 nitrogen and oxygen atoms in total. The van der Waals surface area contributed by atoms with Crippen molar-refractivity contribution in [2.45, 2.75) is 44.2 Å². The fourth-order valence-electron chi connectivity index (χ4n) is 3.20. The molecule has 122 valence electrons. The van der Waals surface area contributed by atoms with Crippen molar-refractivity contribution in [2.24, 2.45) is 0 Å². The van der Waals surface area contributed by atoms with Crippen LogP contribution in [-0.2, 0) is 9.59 Å². The quantitative estimate of drug-likeness (QED) is 0.711. The number of nitriles is 1. The summed E-state index contributed by atoms with van der Waals surface area (Å²) in [4.78, 5) is 27.5. The lowest BCUT2D eigenvalue weighted by molar-refractivity contribution is -0.135. The van der Waals surface area contributed by atoms with Gasteiger partial charge in [0, 0.05) is 13.1 Å². The number of rotatable bonds is 5. The van der Waals surface area contributed by atoms with E-state index in [2.05, 4.69) is 11.4 Å². The summed E-state index contributed by atoms with van der Waals surface area (Å²) in [6, 6.07) is 1.71. The van der Waals surface area contributed by atoms with Crippen LogP contribution >= 0.6 is 0 Å². The lowest BCUT2D eigenvalue weighted by Crippen LogP contribution is -2.50. The van der Waals surface area contributed by atoms with Gasteiger partial charge in [-0.05, 0) is 32.1 Å². The minimum Gasteiger partial charge on any atom is -0.394 e. The first-order chi connectivity index (χ1) is 10.7. The zero-order chi connectivity index (χ0) is 15.9. The maximum atomic E-state index is 12.2. The highest BCUT2D eigenvalue weighted by atomic mass is 16.3. The predicted octanol–water partition coefficient (Wildman–Crippen LogP) is -0.536. The molecule has 0 radical (unpaired) electrons. The molecule has 2 aliphatic rings. The van der Waals surface area contributed by atoms with E-state index in [1.807, 2.05) is 0 Å². The van der Waals surface area contributed by atoms with Gasteiger partial charge in [0.05, 0.1) is 31.8 Å². The zero-order valence-electron chi connectivity index (χ0n) is 12.8. The molecule has 22 heavy (non-hydrogen) atoms. The minimum absolute atomic E-state index is 0.0116. The number of carbonyl (C=O) groups is 2. The topological polar surface area (TPSA) is 96.7 Å². The summed E-state index contributed by atoms with van der Waals surface area (Å²) >= 11 is 0. The van der Waals surface area contributed by atoms with Crippen molar-refractivity contribution in [1.82, 2.24) is 15.1 Å². The highest BCUT2D eigenvalue weighted by Crippen LogP contribution is 2.17. The SMILES string of the molecule is N#C[C@@H]1CCCN1C(=O)CNCC(=O)N1CCCCC1CO. The van der Waals surface area contributed by atoms with E-state index < -0.39 is 0 Å². The molecule has 2 atom stereocenters. The molecule has 0 bridgehead atoms. The Hall–Kier alpha value is -1.65. The number of likely N-dealkylation sites (tertiary alicyclic amines) is 2. The van der Waals surface area contributed by atoms with Crippen LogP contribution in [-0.4, -0.2) is 71.6 Å². The number of hydrogen-bond acceptors (Lipinski definition) is 5. The van der Waals surface area contributed by atoms with E-state index in [1.165, 1.54) is 0 Å². The van der Waals surface area contributed by atoms with Gasteiger partial charge in [-0.25, -0.2) is 0 Å². The van der Waals surface area contributed by atoms with E-state index in [9.17, 15) is 14.7 Å². The number of amides is 2. The number of hydrogen-bond donors (Lipinski definition) is 2. The van der Waals surface area contributed by atoms with Crippen LogP contribution in [0.3, 0.4) is 0 Å². The smallest absolute Gasteiger partial charge is 0.237 e. The van der Waals surface area contributed by atoms with Gasteiger partial charge < -0.3 is 14.9 Å². The molecule has 2 amide bonds. The van der Waals surface area contributed by atoms with Crippen LogP contribution in [0.5, 0.6) is 0 Å². The number of aliphatic hydroxyl groups is 1. The van der Waals surface area contributed by atoms with Crippen molar-refractivity contribution in [3.05, 3.63) is 0 Å². The van der Waals surface area contributed by atoms with Crippen LogP contribution in [0.1, 0.15) is 32.1 Å². The molecule has 2 aliphatic heterocycles. The summed E-state index contributed by atoms with van der Waals surface area (Å²) in [6.07, 6.45) is 4.41. The van der Waals surface area contributed by atoms with E-state index >= 15 is 0 Å². The van der Waals surface area contributed by atoms with Crippen LogP contribution in [0, 0.1) is 11.3 Å². The van der Waals surface area contributed by atoms with E-state index in [1.54, 1.807) is 9.80 Å². The highest BCUT2D eigenvalue weighted by molar-refractivity contribution is 5.82. The number of aliphatic hydroxyl groups excluding tert-OH is 1. The summed E-state index contributed by atoms with van der Waals surface area (Å²) in [5.41, 5.74) is 0. The molecule has 0 aromatic heterocycles. The largest absolute Gasteiger partial charge is 0.394 e. The van der Waals surface area contributed by atoms with E-state index in [0.717, 1.165) is 32.1 Å². The summed E-state index contributed by atoms with van der Waals surface area (Å²) in [5.74, 6) is -0.209. The van der Waals surface area contributed by atoms with Crippen molar-refractivity contribution in [1.29, 1.82) is 5.26 Å². The van der Waals surface area contributed by atoms with Gasteiger partial charge in [-0.3, -0.25) is 14.9 Å². The number of nitrogens with zero attached hydrogens (tertiary/aromatic N) is 3. The Kier molecular flexibility index (Phi) is 6.16. The monoisotopic (exact) mass is 308 g/mol. The second-order valence-electron chi connectivity index (χ2n) is 5.90. The van der Waals surface area contributed by atoms with Gasteiger partial charge in [-0.2, -0.15) is 5.26 Å². The van der Waals surface area contributed by atoms with Crippen LogP contribution in [0.4, 0.5) is 0 Å². The van der Waals surface area contributed by atoms with Gasteiger partial charge in [0.2, 0.25) is 11.8 Å².